The van der Waals surface area contributed by atoms with Crippen LogP contribution in [0.5, 0.6) is 0 Å². The maximum atomic E-state index is 12.7. The van der Waals surface area contributed by atoms with Crippen molar-refractivity contribution in [3.63, 3.8) is 0 Å². The molecule has 3 aromatic rings. The number of anilines is 2. The minimum atomic E-state index is -3.39. The van der Waals surface area contributed by atoms with Crippen LogP contribution in [0.1, 0.15) is 12.8 Å². The predicted octanol–water partition coefficient (Wildman–Crippen LogP) is 2.84. The second-order valence-corrected chi connectivity index (χ2v) is 9.84. The van der Waals surface area contributed by atoms with Gasteiger partial charge in [0, 0.05) is 59.6 Å². The fraction of sp³-hybridized carbons (Fsp3) is 0.318. The van der Waals surface area contributed by atoms with Crippen molar-refractivity contribution in [2.75, 3.05) is 35.9 Å². The van der Waals surface area contributed by atoms with E-state index in [1.165, 1.54) is 10.8 Å². The van der Waals surface area contributed by atoms with Crippen molar-refractivity contribution in [1.29, 1.82) is 0 Å². The fourth-order valence-corrected chi connectivity index (χ4v) is 5.42. The monoisotopic (exact) mass is 440 g/mol. The zero-order valence-electron chi connectivity index (χ0n) is 17.0. The first kappa shape index (κ1) is 19.9. The highest BCUT2D eigenvalue weighted by atomic mass is 32.2. The van der Waals surface area contributed by atoms with Crippen LogP contribution in [0.15, 0.2) is 48.0 Å². The van der Waals surface area contributed by atoms with E-state index in [0.29, 0.717) is 37.3 Å². The molecule has 0 amide bonds. The molecule has 0 atom stereocenters. The maximum absolute atomic E-state index is 12.7. The minimum Gasteiger partial charge on any atom is -0.378 e. The Morgan fingerprint density at radius 2 is 1.94 bits per heavy atom. The molecule has 0 radical (unpaired) electrons. The number of rotatable bonds is 6. The number of ether oxygens (including phenoxy) is 1. The van der Waals surface area contributed by atoms with Crippen LogP contribution < -0.4 is 15.2 Å². The van der Waals surface area contributed by atoms with Crippen LogP contribution in [0, 0.1) is 0 Å². The molecule has 1 aliphatic carbocycles. The quantitative estimate of drug-likeness (QED) is 0.615. The van der Waals surface area contributed by atoms with Gasteiger partial charge >= 0.3 is 0 Å². The van der Waals surface area contributed by atoms with Gasteiger partial charge in [-0.3, -0.25) is 14.1 Å². The van der Waals surface area contributed by atoms with Gasteiger partial charge in [-0.2, -0.15) is 0 Å². The lowest BCUT2D eigenvalue weighted by molar-refractivity contribution is 0.123. The molecule has 162 valence electrons. The molecular formula is C22H24N4O4S. The second kappa shape index (κ2) is 7.58. The van der Waals surface area contributed by atoms with Gasteiger partial charge in [-0.15, -0.1) is 0 Å². The van der Waals surface area contributed by atoms with E-state index in [-0.39, 0.29) is 10.8 Å². The number of nitrogens with zero attached hydrogens (tertiary/aromatic N) is 2. The van der Waals surface area contributed by atoms with E-state index in [2.05, 4.69) is 21.2 Å². The molecule has 1 aromatic carbocycles. The van der Waals surface area contributed by atoms with Crippen molar-refractivity contribution in [2.45, 2.75) is 18.1 Å². The molecule has 1 saturated carbocycles. The lowest BCUT2D eigenvalue weighted by atomic mass is 10.00. The van der Waals surface area contributed by atoms with E-state index in [0.717, 1.165) is 35.3 Å². The van der Waals surface area contributed by atoms with Crippen molar-refractivity contribution in [3.8, 4) is 11.1 Å². The highest BCUT2D eigenvalue weighted by Gasteiger charge is 2.35. The number of nitrogens with one attached hydrogen (secondary N) is 2. The van der Waals surface area contributed by atoms with Gasteiger partial charge in [0.25, 0.3) is 5.56 Å². The minimum absolute atomic E-state index is 0.183. The third-order valence-corrected chi connectivity index (χ3v) is 7.68. The van der Waals surface area contributed by atoms with Gasteiger partial charge in [0.2, 0.25) is 10.0 Å². The maximum Gasteiger partial charge on any atom is 0.278 e. The Balaban J connectivity index is 1.70. The summed E-state index contributed by atoms with van der Waals surface area (Å²) in [5.41, 5.74) is 3.45. The summed E-state index contributed by atoms with van der Waals surface area (Å²) in [7, 11) is -3.39. The number of pyridine rings is 1. The molecule has 3 heterocycles. The zero-order valence-corrected chi connectivity index (χ0v) is 17.8. The number of hydrogen-bond donors (Lipinski definition) is 2. The Hall–Kier alpha value is -3.04. The van der Waals surface area contributed by atoms with Crippen LogP contribution in [0.3, 0.4) is 0 Å². The Labute approximate surface area is 180 Å². The number of fused-ring (bicyclic) bond motifs is 1. The number of aromatic amines is 1. The Morgan fingerprint density at radius 3 is 2.65 bits per heavy atom. The van der Waals surface area contributed by atoms with E-state index in [1.54, 1.807) is 18.5 Å². The molecule has 2 aliphatic rings. The molecule has 31 heavy (non-hydrogen) atoms. The summed E-state index contributed by atoms with van der Waals surface area (Å²) in [5, 5.41) is 0.466. The van der Waals surface area contributed by atoms with Crippen molar-refractivity contribution in [1.82, 2.24) is 9.55 Å². The lowest BCUT2D eigenvalue weighted by Gasteiger charge is -2.31. The van der Waals surface area contributed by atoms with Crippen molar-refractivity contribution >= 4 is 38.5 Å². The second-order valence-electron chi connectivity index (χ2n) is 7.88. The van der Waals surface area contributed by atoms with E-state index in [1.807, 2.05) is 18.2 Å². The summed E-state index contributed by atoms with van der Waals surface area (Å²) in [5.74, 6) is 0. The van der Waals surface area contributed by atoms with Crippen LogP contribution >= 0.6 is 0 Å². The number of hydrogen-bond acceptors (Lipinski definition) is 5. The normalized spacial score (nSPS) is 17.1. The van der Waals surface area contributed by atoms with E-state index in [9.17, 15) is 13.2 Å². The first-order chi connectivity index (χ1) is 15.0. The summed E-state index contributed by atoms with van der Waals surface area (Å²) >= 11 is 0. The average Bonchev–Trinajstić information content (AvgIpc) is 3.53. The van der Waals surface area contributed by atoms with Crippen molar-refractivity contribution < 1.29 is 13.2 Å². The first-order valence-electron chi connectivity index (χ1n) is 10.3. The zero-order chi connectivity index (χ0) is 21.6. The molecule has 2 N–H and O–H groups in total. The van der Waals surface area contributed by atoms with Gasteiger partial charge in [0.1, 0.15) is 5.52 Å². The van der Waals surface area contributed by atoms with Crippen molar-refractivity contribution in [3.05, 3.63) is 53.6 Å². The van der Waals surface area contributed by atoms with E-state index in [4.69, 9.17) is 4.74 Å². The molecular weight excluding hydrogens is 416 g/mol. The molecule has 0 unspecified atom stereocenters. The topological polar surface area (TPSA) is 96.4 Å². The van der Waals surface area contributed by atoms with Gasteiger partial charge in [-0.1, -0.05) is 6.58 Å². The predicted molar refractivity (Wildman–Crippen MR) is 123 cm³/mol. The fourth-order valence-electron chi connectivity index (χ4n) is 4.04. The van der Waals surface area contributed by atoms with Gasteiger partial charge in [-0.25, -0.2) is 8.42 Å². The molecule has 0 bridgehead atoms. The van der Waals surface area contributed by atoms with Crippen LogP contribution in [0.4, 0.5) is 11.4 Å². The van der Waals surface area contributed by atoms with Gasteiger partial charge in [0.05, 0.1) is 18.5 Å². The van der Waals surface area contributed by atoms with E-state index < -0.39 is 10.0 Å². The highest BCUT2D eigenvalue weighted by Crippen LogP contribution is 2.38. The average molecular weight is 441 g/mol. The molecule has 1 saturated heterocycles. The lowest BCUT2D eigenvalue weighted by Crippen LogP contribution is -2.36. The molecule has 2 aromatic heterocycles. The number of benzene rings is 1. The summed E-state index contributed by atoms with van der Waals surface area (Å²) in [6.45, 7) is 6.47. The van der Waals surface area contributed by atoms with Gasteiger partial charge in [-0.05, 0) is 37.1 Å². The number of H-pyrrole nitrogens is 1. The summed E-state index contributed by atoms with van der Waals surface area (Å²) in [4.78, 5) is 17.9. The third-order valence-electron chi connectivity index (χ3n) is 5.81. The Kier molecular flexibility index (Phi) is 4.86. The van der Waals surface area contributed by atoms with Crippen LogP contribution in [0.2, 0.25) is 0 Å². The number of morpholine rings is 1. The van der Waals surface area contributed by atoms with Crippen LogP contribution in [-0.4, -0.2) is 49.5 Å². The largest absolute Gasteiger partial charge is 0.378 e. The Bertz CT molecular complexity index is 1320. The summed E-state index contributed by atoms with van der Waals surface area (Å²) in [6.07, 6.45) is 6.35. The SMILES string of the molecule is C=Cn1cc(-c2cc(NS(=O)(=O)C3CC3)ccc2N2CCOCC2)c2cc[nH]c2c1=O. The summed E-state index contributed by atoms with van der Waals surface area (Å²) < 4.78 is 34.7. The molecule has 0 spiro atoms. The van der Waals surface area contributed by atoms with E-state index >= 15 is 0 Å². The first-order valence-corrected chi connectivity index (χ1v) is 11.9. The standard InChI is InChI=1S/C22H24N4O4S/c1-2-25-14-19(17-7-8-23-21(17)22(25)27)18-13-15(24-31(28,29)16-4-5-16)3-6-20(18)26-9-11-30-12-10-26/h2-3,6-8,13-14,16,23-24H,1,4-5,9-12H2. The van der Waals surface area contributed by atoms with Gasteiger partial charge in [0.15, 0.2) is 0 Å². The third kappa shape index (κ3) is 3.64. The van der Waals surface area contributed by atoms with Gasteiger partial charge < -0.3 is 14.6 Å². The summed E-state index contributed by atoms with van der Waals surface area (Å²) in [6, 6.07) is 7.45. The van der Waals surface area contributed by atoms with Crippen LogP contribution in [0.25, 0.3) is 28.2 Å². The molecule has 1 aliphatic heterocycles. The van der Waals surface area contributed by atoms with Crippen LogP contribution in [-0.2, 0) is 14.8 Å². The molecule has 5 rings (SSSR count). The van der Waals surface area contributed by atoms with Crippen molar-refractivity contribution in [2.24, 2.45) is 0 Å². The number of aromatic nitrogens is 2. The smallest absolute Gasteiger partial charge is 0.278 e. The molecule has 9 heteroatoms. The highest BCUT2D eigenvalue weighted by molar-refractivity contribution is 7.93. The molecule has 2 fully saturated rings. The molecule has 8 nitrogen and oxygen atoms in total. The Morgan fingerprint density at radius 1 is 1.16 bits per heavy atom. The number of sulfonamides is 1.